The van der Waals surface area contributed by atoms with Crippen molar-refractivity contribution in [1.29, 1.82) is 0 Å². The summed E-state index contributed by atoms with van der Waals surface area (Å²) >= 11 is 1.36. The molecule has 0 N–H and O–H groups in total. The zero-order valence-electron chi connectivity index (χ0n) is 16.8. The molecule has 9 nitrogen and oxygen atoms in total. The van der Waals surface area contributed by atoms with Gasteiger partial charge >= 0.3 is 0 Å². The van der Waals surface area contributed by atoms with Crippen molar-refractivity contribution in [3.63, 3.8) is 0 Å². The number of aromatic nitrogens is 1. The van der Waals surface area contributed by atoms with Crippen LogP contribution in [0.1, 0.15) is 6.42 Å². The second kappa shape index (κ2) is 8.79. The Morgan fingerprint density at radius 1 is 1.12 bits per heavy atom. The molecule has 0 saturated carbocycles. The van der Waals surface area contributed by atoms with E-state index in [9.17, 15) is 27.7 Å². The SMILES string of the molecule is O=C(CCS(=O)(=O)c1ccc(F)cc1)N1CCN(c2nc3ccc([N+](=O)[O-])cc3s2)CC1. The van der Waals surface area contributed by atoms with Gasteiger partial charge in [-0.15, -0.1) is 0 Å². The predicted molar refractivity (Wildman–Crippen MR) is 118 cm³/mol. The third kappa shape index (κ3) is 4.70. The van der Waals surface area contributed by atoms with Gasteiger partial charge < -0.3 is 9.80 Å². The Kier molecular flexibility index (Phi) is 6.07. The molecule has 0 radical (unpaired) electrons. The minimum atomic E-state index is -3.67. The molecule has 1 aliphatic rings. The summed E-state index contributed by atoms with van der Waals surface area (Å²) in [5.74, 6) is -1.12. The van der Waals surface area contributed by atoms with Crippen LogP contribution in [0.2, 0.25) is 0 Å². The van der Waals surface area contributed by atoms with Gasteiger partial charge in [-0.2, -0.15) is 0 Å². The number of thiazole rings is 1. The average molecular weight is 479 g/mol. The van der Waals surface area contributed by atoms with Gasteiger partial charge in [0, 0.05) is 44.7 Å². The van der Waals surface area contributed by atoms with E-state index in [0.29, 0.717) is 31.7 Å². The van der Waals surface area contributed by atoms with Crippen molar-refractivity contribution in [2.45, 2.75) is 11.3 Å². The highest BCUT2D eigenvalue weighted by Crippen LogP contribution is 2.31. The van der Waals surface area contributed by atoms with E-state index in [1.807, 2.05) is 4.90 Å². The van der Waals surface area contributed by atoms with E-state index in [-0.39, 0.29) is 28.7 Å². The van der Waals surface area contributed by atoms with Gasteiger partial charge in [0.25, 0.3) is 5.69 Å². The van der Waals surface area contributed by atoms with Gasteiger partial charge in [-0.05, 0) is 30.3 Å². The molecule has 0 bridgehead atoms. The van der Waals surface area contributed by atoms with Crippen molar-refractivity contribution in [2.24, 2.45) is 0 Å². The van der Waals surface area contributed by atoms with Crippen LogP contribution in [0, 0.1) is 15.9 Å². The number of halogens is 1. The molecule has 0 spiro atoms. The number of hydrogen-bond donors (Lipinski definition) is 0. The lowest BCUT2D eigenvalue weighted by Crippen LogP contribution is -2.49. The Hall–Kier alpha value is -3.12. The summed E-state index contributed by atoms with van der Waals surface area (Å²) in [4.78, 5) is 31.2. The van der Waals surface area contributed by atoms with E-state index in [1.165, 1.54) is 35.6 Å². The summed E-state index contributed by atoms with van der Waals surface area (Å²) in [6, 6.07) is 9.08. The standard InChI is InChI=1S/C20H19FN4O5S2/c21-14-1-4-16(5-2-14)32(29,30)12-7-19(26)23-8-10-24(11-9-23)20-22-17-6-3-15(25(27)28)13-18(17)31-20/h1-6,13H,7-12H2. The van der Waals surface area contributed by atoms with Crippen molar-refractivity contribution in [2.75, 3.05) is 36.8 Å². The lowest BCUT2D eigenvalue weighted by Gasteiger charge is -2.34. The first-order valence-corrected chi connectivity index (χ1v) is 12.3. The molecule has 3 aromatic rings. The molecular formula is C20H19FN4O5S2. The Morgan fingerprint density at radius 2 is 1.81 bits per heavy atom. The summed E-state index contributed by atoms with van der Waals surface area (Å²) in [7, 11) is -3.67. The normalized spacial score (nSPS) is 14.7. The molecule has 2 aromatic carbocycles. The van der Waals surface area contributed by atoms with E-state index < -0.39 is 20.6 Å². The molecule has 1 aromatic heterocycles. The number of amides is 1. The molecule has 168 valence electrons. The fraction of sp³-hybridized carbons (Fsp3) is 0.300. The summed E-state index contributed by atoms with van der Waals surface area (Å²) in [5, 5.41) is 11.7. The molecule has 0 atom stereocenters. The van der Waals surface area contributed by atoms with Crippen molar-refractivity contribution in [3.05, 3.63) is 58.4 Å². The predicted octanol–water partition coefficient (Wildman–Crippen LogP) is 2.86. The zero-order chi connectivity index (χ0) is 22.9. The molecule has 1 fully saturated rings. The molecule has 1 amide bonds. The quantitative estimate of drug-likeness (QED) is 0.304. The van der Waals surface area contributed by atoms with Crippen LogP contribution in [-0.2, 0) is 14.6 Å². The average Bonchev–Trinajstić information content (AvgIpc) is 3.21. The molecular weight excluding hydrogens is 459 g/mol. The second-order valence-corrected chi connectivity index (χ2v) is 10.4. The fourth-order valence-corrected chi connectivity index (χ4v) is 5.72. The third-order valence-corrected chi connectivity index (χ3v) is 8.04. The first kappa shape index (κ1) is 22.1. The maximum absolute atomic E-state index is 13.0. The smallest absolute Gasteiger partial charge is 0.270 e. The highest BCUT2D eigenvalue weighted by Gasteiger charge is 2.25. The van der Waals surface area contributed by atoms with Crippen LogP contribution >= 0.6 is 11.3 Å². The van der Waals surface area contributed by atoms with Gasteiger partial charge in [-0.3, -0.25) is 14.9 Å². The van der Waals surface area contributed by atoms with Crippen LogP contribution in [0.5, 0.6) is 0 Å². The highest BCUT2D eigenvalue weighted by molar-refractivity contribution is 7.91. The molecule has 0 aliphatic carbocycles. The summed E-state index contributed by atoms with van der Waals surface area (Å²) in [5.41, 5.74) is 0.693. The number of rotatable bonds is 6. The molecule has 0 unspecified atom stereocenters. The Morgan fingerprint density at radius 3 is 2.47 bits per heavy atom. The minimum absolute atomic E-state index is 0.00686. The maximum atomic E-state index is 13.0. The van der Waals surface area contributed by atoms with E-state index in [2.05, 4.69) is 4.98 Å². The largest absolute Gasteiger partial charge is 0.345 e. The van der Waals surface area contributed by atoms with Gasteiger partial charge in [0.2, 0.25) is 5.91 Å². The number of nitro benzene ring substituents is 1. The van der Waals surface area contributed by atoms with Gasteiger partial charge in [0.05, 0.1) is 25.8 Å². The second-order valence-electron chi connectivity index (χ2n) is 7.30. The summed E-state index contributed by atoms with van der Waals surface area (Å²) < 4.78 is 38.5. The van der Waals surface area contributed by atoms with Gasteiger partial charge in [0.1, 0.15) is 5.82 Å². The number of carbonyl (C=O) groups is 1. The monoisotopic (exact) mass is 478 g/mol. The van der Waals surface area contributed by atoms with Crippen LogP contribution in [0.15, 0.2) is 47.4 Å². The molecule has 12 heteroatoms. The Balaban J connectivity index is 1.34. The molecule has 2 heterocycles. The Bertz CT molecular complexity index is 1270. The lowest BCUT2D eigenvalue weighted by molar-refractivity contribution is -0.384. The van der Waals surface area contributed by atoms with Crippen molar-refractivity contribution < 1.29 is 22.5 Å². The van der Waals surface area contributed by atoms with Crippen molar-refractivity contribution >= 4 is 48.1 Å². The van der Waals surface area contributed by atoms with Gasteiger partial charge in [-0.1, -0.05) is 11.3 Å². The number of anilines is 1. The van der Waals surface area contributed by atoms with E-state index in [1.54, 1.807) is 11.0 Å². The van der Waals surface area contributed by atoms with Crippen LogP contribution in [0.4, 0.5) is 15.2 Å². The lowest BCUT2D eigenvalue weighted by atomic mass is 10.3. The molecule has 32 heavy (non-hydrogen) atoms. The maximum Gasteiger partial charge on any atom is 0.270 e. The number of non-ortho nitro benzene ring substituents is 1. The number of hydrogen-bond acceptors (Lipinski definition) is 8. The van der Waals surface area contributed by atoms with Crippen molar-refractivity contribution in [3.8, 4) is 0 Å². The summed E-state index contributed by atoms with van der Waals surface area (Å²) in [6.45, 7) is 1.90. The summed E-state index contributed by atoms with van der Waals surface area (Å²) in [6.07, 6.45) is -0.148. The van der Waals surface area contributed by atoms with Gasteiger partial charge in [-0.25, -0.2) is 17.8 Å². The number of carbonyl (C=O) groups excluding carboxylic acids is 1. The van der Waals surface area contributed by atoms with Crippen molar-refractivity contribution in [1.82, 2.24) is 9.88 Å². The van der Waals surface area contributed by atoms with Crippen LogP contribution < -0.4 is 4.90 Å². The van der Waals surface area contributed by atoms with E-state index >= 15 is 0 Å². The number of sulfone groups is 1. The number of nitrogens with zero attached hydrogens (tertiary/aromatic N) is 4. The molecule has 1 saturated heterocycles. The van der Waals surface area contributed by atoms with Gasteiger partial charge in [0.15, 0.2) is 15.0 Å². The number of piperazine rings is 1. The fourth-order valence-electron chi connectivity index (χ4n) is 3.44. The van der Waals surface area contributed by atoms with Crippen LogP contribution in [-0.4, -0.2) is 61.1 Å². The molecule has 1 aliphatic heterocycles. The van der Waals surface area contributed by atoms with E-state index in [4.69, 9.17) is 0 Å². The van der Waals surface area contributed by atoms with Crippen LogP contribution in [0.3, 0.4) is 0 Å². The number of nitro groups is 1. The first-order chi connectivity index (χ1) is 15.2. The number of benzene rings is 2. The molecule has 4 rings (SSSR count). The Labute approximate surface area is 187 Å². The third-order valence-electron chi connectivity index (χ3n) is 5.23. The minimum Gasteiger partial charge on any atom is -0.345 e. The highest BCUT2D eigenvalue weighted by atomic mass is 32.2. The van der Waals surface area contributed by atoms with E-state index in [0.717, 1.165) is 22.0 Å². The topological polar surface area (TPSA) is 114 Å². The van der Waals surface area contributed by atoms with Crippen LogP contribution in [0.25, 0.3) is 10.2 Å². The zero-order valence-corrected chi connectivity index (χ0v) is 18.4. The first-order valence-electron chi connectivity index (χ1n) is 9.79. The number of fused-ring (bicyclic) bond motifs is 1.